The van der Waals surface area contributed by atoms with Gasteiger partial charge in [0.1, 0.15) is 6.29 Å². The summed E-state index contributed by atoms with van der Waals surface area (Å²) in [4.78, 5) is 10.6. The lowest BCUT2D eigenvalue weighted by Crippen LogP contribution is -2.16. The van der Waals surface area contributed by atoms with Crippen molar-refractivity contribution in [3.63, 3.8) is 0 Å². The molecule has 0 aliphatic carbocycles. The van der Waals surface area contributed by atoms with Crippen LogP contribution in [0.5, 0.6) is 0 Å². The van der Waals surface area contributed by atoms with E-state index in [0.717, 1.165) is 11.8 Å². The van der Waals surface area contributed by atoms with Crippen LogP contribution in [0.1, 0.15) is 58.2 Å². The van der Waals surface area contributed by atoms with Gasteiger partial charge < -0.3 is 0 Å². The van der Waals surface area contributed by atoms with Crippen LogP contribution in [-0.2, 0) is 15.6 Å². The molecule has 1 aromatic rings. The number of hydrogen-bond donors (Lipinski definition) is 0. The van der Waals surface area contributed by atoms with Crippen molar-refractivity contribution in [2.45, 2.75) is 52.4 Å². The van der Waals surface area contributed by atoms with Gasteiger partial charge in [0.15, 0.2) is 0 Å². The zero-order valence-electron chi connectivity index (χ0n) is 12.7. The van der Waals surface area contributed by atoms with Gasteiger partial charge in [0.05, 0.1) is 5.03 Å². The van der Waals surface area contributed by atoms with Gasteiger partial charge in [0.25, 0.3) is 0 Å². The Labute approximate surface area is 121 Å². The van der Waals surface area contributed by atoms with Crippen LogP contribution in [0, 0.1) is 0 Å². The van der Waals surface area contributed by atoms with Crippen molar-refractivity contribution in [2.24, 2.45) is 0 Å². The number of allylic oxidation sites excluding steroid dienone is 1. The van der Waals surface area contributed by atoms with E-state index in [1.807, 2.05) is 0 Å². The molecule has 2 heteroatoms. The third-order valence-electron chi connectivity index (χ3n) is 3.16. The maximum Gasteiger partial charge on any atom is 0.144 e. The van der Waals surface area contributed by atoms with E-state index >= 15 is 0 Å². The summed E-state index contributed by atoms with van der Waals surface area (Å²) in [5.41, 5.74) is 3.47. The average molecular weight is 279 g/mol. The first-order chi connectivity index (χ1) is 8.55. The van der Waals surface area contributed by atoms with Crippen LogP contribution >= 0.6 is 11.6 Å². The van der Waals surface area contributed by atoms with Crippen LogP contribution < -0.4 is 0 Å². The van der Waals surface area contributed by atoms with Gasteiger partial charge in [-0.1, -0.05) is 59.2 Å². The monoisotopic (exact) mass is 278 g/mol. The molecular weight excluding hydrogens is 256 g/mol. The maximum absolute atomic E-state index is 10.6. The molecule has 0 saturated heterocycles. The molecular formula is C17H23ClO. The lowest BCUT2D eigenvalue weighted by atomic mass is 9.79. The highest BCUT2D eigenvalue weighted by molar-refractivity contribution is 6.49. The van der Waals surface area contributed by atoms with Gasteiger partial charge in [-0.05, 0) is 45.7 Å². The summed E-state index contributed by atoms with van der Waals surface area (Å²) < 4.78 is 0. The van der Waals surface area contributed by atoms with Gasteiger partial charge >= 0.3 is 0 Å². The van der Waals surface area contributed by atoms with Crippen molar-refractivity contribution in [2.75, 3.05) is 0 Å². The fraction of sp³-hybridized carbons (Fsp3) is 0.471. The third-order valence-corrected chi connectivity index (χ3v) is 3.50. The van der Waals surface area contributed by atoms with E-state index in [-0.39, 0.29) is 10.8 Å². The van der Waals surface area contributed by atoms with Crippen LogP contribution in [0.3, 0.4) is 0 Å². The Morgan fingerprint density at radius 3 is 1.68 bits per heavy atom. The first kappa shape index (κ1) is 16.0. The lowest BCUT2D eigenvalue weighted by molar-refractivity contribution is -0.104. The summed E-state index contributed by atoms with van der Waals surface area (Å²) in [6, 6.07) is 6.36. The molecule has 0 unspecified atom stereocenters. The van der Waals surface area contributed by atoms with Crippen molar-refractivity contribution >= 4 is 22.9 Å². The second-order valence-corrected chi connectivity index (χ2v) is 7.36. The minimum atomic E-state index is 0.0500. The Balaban J connectivity index is 3.50. The predicted molar refractivity (Wildman–Crippen MR) is 83.7 cm³/mol. The molecule has 0 bridgehead atoms. The first-order valence-corrected chi connectivity index (χ1v) is 6.91. The van der Waals surface area contributed by atoms with E-state index in [2.05, 4.69) is 59.7 Å². The standard InChI is InChI=1S/C17H23ClO/c1-16(2,3)13-9-12(15(18)7-8-19)10-14(11-13)17(4,5)6/h7-11H,1-6H3/b15-7-. The molecule has 19 heavy (non-hydrogen) atoms. The Bertz CT molecular complexity index is 467. The zero-order chi connectivity index (χ0) is 14.8. The molecule has 0 aliphatic heterocycles. The Morgan fingerprint density at radius 1 is 0.947 bits per heavy atom. The van der Waals surface area contributed by atoms with Crippen LogP contribution in [0.4, 0.5) is 0 Å². The van der Waals surface area contributed by atoms with Crippen molar-refractivity contribution in [1.29, 1.82) is 0 Å². The summed E-state index contributed by atoms with van der Waals surface area (Å²) in [5.74, 6) is 0. The second kappa shape index (κ2) is 5.50. The normalized spacial score (nSPS) is 13.5. The van der Waals surface area contributed by atoms with E-state index in [9.17, 15) is 4.79 Å². The molecule has 1 aromatic carbocycles. The number of carbonyl (C=O) groups excluding carboxylic acids is 1. The molecule has 1 rings (SSSR count). The SMILES string of the molecule is CC(C)(C)c1cc(/C(Cl)=C/C=O)cc(C(C)(C)C)c1. The molecule has 104 valence electrons. The highest BCUT2D eigenvalue weighted by atomic mass is 35.5. The largest absolute Gasteiger partial charge is 0.299 e. The Hall–Kier alpha value is -1.08. The second-order valence-electron chi connectivity index (χ2n) is 6.95. The molecule has 0 atom stereocenters. The fourth-order valence-corrected chi connectivity index (χ4v) is 1.95. The summed E-state index contributed by atoms with van der Waals surface area (Å²) in [5, 5.41) is 0.492. The molecule has 0 aliphatic rings. The van der Waals surface area contributed by atoms with Crippen LogP contribution in [-0.4, -0.2) is 6.29 Å². The summed E-state index contributed by atoms with van der Waals surface area (Å²) >= 11 is 6.18. The van der Waals surface area contributed by atoms with Gasteiger partial charge in [-0.2, -0.15) is 0 Å². The maximum atomic E-state index is 10.6. The molecule has 0 saturated carbocycles. The van der Waals surface area contributed by atoms with Crippen molar-refractivity contribution < 1.29 is 4.79 Å². The fourth-order valence-electron chi connectivity index (χ4n) is 1.79. The van der Waals surface area contributed by atoms with Gasteiger partial charge in [-0.25, -0.2) is 0 Å². The lowest BCUT2D eigenvalue weighted by Gasteiger charge is -2.26. The molecule has 0 N–H and O–H groups in total. The minimum absolute atomic E-state index is 0.0500. The van der Waals surface area contributed by atoms with E-state index in [1.165, 1.54) is 17.2 Å². The molecule has 1 nitrogen and oxygen atoms in total. The van der Waals surface area contributed by atoms with E-state index in [0.29, 0.717) is 5.03 Å². The van der Waals surface area contributed by atoms with E-state index in [4.69, 9.17) is 11.6 Å². The van der Waals surface area contributed by atoms with Crippen LogP contribution in [0.25, 0.3) is 5.03 Å². The van der Waals surface area contributed by atoms with Crippen LogP contribution in [0.15, 0.2) is 24.3 Å². The minimum Gasteiger partial charge on any atom is -0.299 e. The number of carbonyl (C=O) groups is 1. The topological polar surface area (TPSA) is 17.1 Å². The number of rotatable bonds is 2. The third kappa shape index (κ3) is 4.21. The van der Waals surface area contributed by atoms with Crippen molar-refractivity contribution in [1.82, 2.24) is 0 Å². The predicted octanol–water partition coefficient (Wildman–Crippen LogP) is 5.06. The van der Waals surface area contributed by atoms with Crippen LogP contribution in [0.2, 0.25) is 0 Å². The molecule has 0 fully saturated rings. The van der Waals surface area contributed by atoms with E-state index in [1.54, 1.807) is 0 Å². The highest BCUT2D eigenvalue weighted by Gasteiger charge is 2.20. The van der Waals surface area contributed by atoms with E-state index < -0.39 is 0 Å². The van der Waals surface area contributed by atoms with Crippen molar-refractivity contribution in [3.05, 3.63) is 41.0 Å². The highest BCUT2D eigenvalue weighted by Crippen LogP contribution is 2.33. The zero-order valence-corrected chi connectivity index (χ0v) is 13.4. The molecule has 0 aromatic heterocycles. The van der Waals surface area contributed by atoms with Gasteiger partial charge in [-0.15, -0.1) is 0 Å². The number of benzene rings is 1. The number of aldehydes is 1. The summed E-state index contributed by atoms with van der Waals surface area (Å²) in [6.45, 7) is 13.1. The Kier molecular flexibility index (Phi) is 4.63. The quantitative estimate of drug-likeness (QED) is 0.546. The van der Waals surface area contributed by atoms with Gasteiger partial charge in [0.2, 0.25) is 0 Å². The average Bonchev–Trinajstić information content (AvgIpc) is 2.26. The molecule has 0 heterocycles. The smallest absolute Gasteiger partial charge is 0.144 e. The van der Waals surface area contributed by atoms with Gasteiger partial charge in [0, 0.05) is 0 Å². The number of hydrogen-bond acceptors (Lipinski definition) is 1. The number of halogens is 1. The molecule has 0 radical (unpaired) electrons. The molecule has 0 spiro atoms. The first-order valence-electron chi connectivity index (χ1n) is 6.53. The summed E-state index contributed by atoms with van der Waals surface area (Å²) in [7, 11) is 0. The summed E-state index contributed by atoms with van der Waals surface area (Å²) in [6.07, 6.45) is 2.12. The Morgan fingerprint density at radius 2 is 1.37 bits per heavy atom. The van der Waals surface area contributed by atoms with Gasteiger partial charge in [-0.3, -0.25) is 4.79 Å². The molecule has 0 amide bonds. The van der Waals surface area contributed by atoms with Crippen molar-refractivity contribution in [3.8, 4) is 0 Å².